The maximum absolute atomic E-state index is 11.7. The van der Waals surface area contributed by atoms with Crippen molar-refractivity contribution in [3.05, 3.63) is 47.5 Å². The van der Waals surface area contributed by atoms with E-state index in [4.69, 9.17) is 34.8 Å². The van der Waals surface area contributed by atoms with Gasteiger partial charge < -0.3 is 34.8 Å². The number of hydrogen-bond acceptors (Lipinski definition) is 9. The number of ether oxygens (including phenoxy) is 4. The third-order valence-corrected chi connectivity index (χ3v) is 5.08. The number of hydrogen-bond donors (Lipinski definition) is 2. The average Bonchev–Trinajstić information content (AvgIpc) is 3.13. The molecule has 0 aliphatic heterocycles. The number of nitrogens with two attached hydrogens (primary N) is 2. The molecule has 1 aromatic heterocycles. The van der Waals surface area contributed by atoms with Gasteiger partial charge in [-0.3, -0.25) is 9.59 Å². The van der Waals surface area contributed by atoms with E-state index in [0.29, 0.717) is 34.1 Å². The largest absolute Gasteiger partial charge is 0.493 e. The first-order valence-electron chi connectivity index (χ1n) is 10.1. The number of rotatable bonds is 8. The predicted octanol–water partition coefficient (Wildman–Crippen LogP) is 2.98. The summed E-state index contributed by atoms with van der Waals surface area (Å²) in [5.41, 5.74) is 13.9. The van der Waals surface area contributed by atoms with Crippen molar-refractivity contribution in [2.75, 3.05) is 27.3 Å². The zero-order valence-electron chi connectivity index (χ0n) is 18.9. The summed E-state index contributed by atoms with van der Waals surface area (Å²) in [6.45, 7) is 3.33. The number of furan rings is 1. The zero-order chi connectivity index (χ0) is 24.1. The minimum Gasteiger partial charge on any atom is -0.493 e. The second-order valence-corrected chi connectivity index (χ2v) is 7.10. The van der Waals surface area contributed by atoms with E-state index in [-0.39, 0.29) is 24.6 Å². The second-order valence-electron chi connectivity index (χ2n) is 7.10. The van der Waals surface area contributed by atoms with Crippen molar-refractivity contribution in [1.82, 2.24) is 0 Å². The Morgan fingerprint density at radius 2 is 1.12 bits per heavy atom. The summed E-state index contributed by atoms with van der Waals surface area (Å²) < 4.78 is 27.4. The van der Waals surface area contributed by atoms with E-state index in [0.717, 1.165) is 11.1 Å². The van der Waals surface area contributed by atoms with Crippen molar-refractivity contribution in [3.63, 3.8) is 0 Å². The Morgan fingerprint density at radius 3 is 1.45 bits per heavy atom. The average molecular weight is 454 g/mol. The molecule has 174 valence electrons. The van der Waals surface area contributed by atoms with Crippen LogP contribution in [0.15, 0.2) is 40.8 Å². The lowest BCUT2D eigenvalue weighted by atomic mass is 10.0. The Morgan fingerprint density at radius 1 is 0.727 bits per heavy atom. The Hall–Kier alpha value is -3.82. The lowest BCUT2D eigenvalue weighted by Gasteiger charge is -2.10. The summed E-state index contributed by atoms with van der Waals surface area (Å²) in [4.78, 5) is 23.4. The Bertz CT molecular complexity index is 1090. The first kappa shape index (κ1) is 23.8. The van der Waals surface area contributed by atoms with Crippen LogP contribution in [0.4, 0.5) is 0 Å². The molecular formula is C24H26N2O7. The van der Waals surface area contributed by atoms with Crippen molar-refractivity contribution >= 4 is 11.9 Å². The van der Waals surface area contributed by atoms with Gasteiger partial charge in [0.15, 0.2) is 23.0 Å². The lowest BCUT2D eigenvalue weighted by molar-refractivity contribution is -0.133. The lowest BCUT2D eigenvalue weighted by Crippen LogP contribution is -2.19. The topological polar surface area (TPSA) is 136 Å². The van der Waals surface area contributed by atoms with E-state index in [1.807, 2.05) is 13.8 Å². The van der Waals surface area contributed by atoms with Crippen LogP contribution in [0.5, 0.6) is 23.0 Å². The molecule has 0 radical (unpaired) electrons. The molecule has 0 atom stereocenters. The van der Waals surface area contributed by atoms with Gasteiger partial charge >= 0.3 is 11.9 Å². The van der Waals surface area contributed by atoms with Gasteiger partial charge in [-0.2, -0.15) is 0 Å². The molecule has 2 aromatic carbocycles. The highest BCUT2D eigenvalue weighted by molar-refractivity contribution is 5.79. The van der Waals surface area contributed by atoms with Gasteiger partial charge in [-0.05, 0) is 61.4 Å². The van der Waals surface area contributed by atoms with Gasteiger partial charge in [0.2, 0.25) is 0 Å². The fourth-order valence-corrected chi connectivity index (χ4v) is 3.27. The second kappa shape index (κ2) is 10.2. The Labute approximate surface area is 191 Å². The number of benzene rings is 2. The molecule has 0 spiro atoms. The van der Waals surface area contributed by atoms with Gasteiger partial charge in [0.1, 0.15) is 11.5 Å². The third kappa shape index (κ3) is 5.00. The van der Waals surface area contributed by atoms with Crippen LogP contribution in [-0.4, -0.2) is 39.2 Å². The Kier molecular flexibility index (Phi) is 7.37. The van der Waals surface area contributed by atoms with Gasteiger partial charge in [-0.25, -0.2) is 0 Å². The number of carbonyl (C=O) groups is 2. The highest BCUT2D eigenvalue weighted by Gasteiger charge is 2.20. The molecule has 3 aromatic rings. The predicted molar refractivity (Wildman–Crippen MR) is 122 cm³/mol. The summed E-state index contributed by atoms with van der Waals surface area (Å²) in [6.07, 6.45) is 0. The van der Waals surface area contributed by atoms with Crippen LogP contribution in [0.3, 0.4) is 0 Å². The van der Waals surface area contributed by atoms with E-state index in [9.17, 15) is 9.59 Å². The molecule has 3 rings (SSSR count). The molecule has 1 heterocycles. The van der Waals surface area contributed by atoms with E-state index in [1.54, 1.807) is 36.4 Å². The quantitative estimate of drug-likeness (QED) is 0.389. The molecular weight excluding hydrogens is 428 g/mol. The van der Waals surface area contributed by atoms with Crippen LogP contribution in [-0.2, 0) is 9.59 Å². The normalized spacial score (nSPS) is 10.6. The fourth-order valence-electron chi connectivity index (χ4n) is 3.27. The van der Waals surface area contributed by atoms with Crippen molar-refractivity contribution in [3.8, 4) is 45.6 Å². The molecule has 0 aliphatic carbocycles. The third-order valence-electron chi connectivity index (χ3n) is 5.08. The Balaban J connectivity index is 2.06. The molecule has 0 fully saturated rings. The molecule has 0 aliphatic rings. The first-order valence-corrected chi connectivity index (χ1v) is 10.1. The van der Waals surface area contributed by atoms with Crippen molar-refractivity contribution in [2.45, 2.75) is 13.8 Å². The van der Waals surface area contributed by atoms with E-state index >= 15 is 0 Å². The van der Waals surface area contributed by atoms with Gasteiger partial charge in [0, 0.05) is 11.1 Å². The van der Waals surface area contributed by atoms with Crippen molar-refractivity contribution in [2.24, 2.45) is 11.5 Å². The van der Waals surface area contributed by atoms with E-state index < -0.39 is 11.9 Å². The SMILES string of the molecule is COc1ccc(-c2oc(-c3ccc(OC)c(OC(=O)CN)c3)c(C)c2C)cc1OC(=O)CN. The van der Waals surface area contributed by atoms with Crippen LogP contribution in [0.25, 0.3) is 22.6 Å². The molecule has 9 heteroatoms. The van der Waals surface area contributed by atoms with Gasteiger partial charge in [0.05, 0.1) is 27.3 Å². The molecule has 4 N–H and O–H groups in total. The summed E-state index contributed by atoms with van der Waals surface area (Å²) in [6, 6.07) is 10.3. The van der Waals surface area contributed by atoms with E-state index in [1.165, 1.54) is 14.2 Å². The zero-order valence-corrected chi connectivity index (χ0v) is 18.9. The smallest absolute Gasteiger partial charge is 0.325 e. The molecule has 0 saturated carbocycles. The van der Waals surface area contributed by atoms with Crippen molar-refractivity contribution in [1.29, 1.82) is 0 Å². The van der Waals surface area contributed by atoms with Gasteiger partial charge in [-0.1, -0.05) is 0 Å². The standard InChI is InChI=1S/C24H26N2O7/c1-13-14(2)24(16-6-8-18(30-4)20(10-16)32-22(28)12-26)33-23(13)15-5-7-17(29-3)19(9-15)31-21(27)11-25/h5-10H,11-12,25-26H2,1-4H3. The summed E-state index contributed by atoms with van der Waals surface area (Å²) in [7, 11) is 2.96. The first-order chi connectivity index (χ1) is 15.8. The number of methoxy groups -OCH3 is 2. The van der Waals surface area contributed by atoms with Gasteiger partial charge in [0.25, 0.3) is 0 Å². The van der Waals surface area contributed by atoms with Gasteiger partial charge in [-0.15, -0.1) is 0 Å². The van der Waals surface area contributed by atoms with Crippen molar-refractivity contribution < 1.29 is 33.0 Å². The van der Waals surface area contributed by atoms with Crippen LogP contribution in [0.2, 0.25) is 0 Å². The maximum Gasteiger partial charge on any atom is 0.325 e. The molecule has 0 saturated heterocycles. The minimum atomic E-state index is -0.587. The molecule has 0 bridgehead atoms. The fraction of sp³-hybridized carbons (Fsp3) is 0.250. The van der Waals surface area contributed by atoms with Crippen LogP contribution in [0.1, 0.15) is 11.1 Å². The molecule has 33 heavy (non-hydrogen) atoms. The summed E-state index contributed by atoms with van der Waals surface area (Å²) in [5, 5.41) is 0. The molecule has 0 amide bonds. The highest BCUT2D eigenvalue weighted by atomic mass is 16.6. The number of esters is 2. The minimum absolute atomic E-state index is 0.237. The summed E-state index contributed by atoms with van der Waals surface area (Å²) >= 11 is 0. The van der Waals surface area contributed by atoms with E-state index in [2.05, 4.69) is 0 Å². The van der Waals surface area contributed by atoms with Crippen LogP contribution in [0, 0.1) is 13.8 Å². The van der Waals surface area contributed by atoms with Crippen LogP contribution >= 0.6 is 0 Å². The highest BCUT2D eigenvalue weighted by Crippen LogP contribution is 2.41. The summed E-state index contributed by atoms with van der Waals surface area (Å²) in [5.74, 6) is 1.26. The molecule has 0 unspecified atom stereocenters. The molecule has 9 nitrogen and oxygen atoms in total. The number of carbonyl (C=O) groups excluding carboxylic acids is 2. The van der Waals surface area contributed by atoms with Crippen LogP contribution < -0.4 is 30.4 Å². The maximum atomic E-state index is 11.7. The monoisotopic (exact) mass is 454 g/mol.